The fourth-order valence-corrected chi connectivity index (χ4v) is 2.72. The topological polar surface area (TPSA) is 70.5 Å². The van der Waals surface area contributed by atoms with Gasteiger partial charge in [0.25, 0.3) is 5.56 Å². The molecule has 0 spiro atoms. The van der Waals surface area contributed by atoms with E-state index in [4.69, 9.17) is 11.6 Å². The van der Waals surface area contributed by atoms with Gasteiger partial charge in [0.2, 0.25) is 0 Å². The summed E-state index contributed by atoms with van der Waals surface area (Å²) >= 11 is 10.8. The molecule has 0 fully saturated rings. The van der Waals surface area contributed by atoms with Gasteiger partial charge >= 0.3 is 0 Å². The summed E-state index contributed by atoms with van der Waals surface area (Å²) < 4.78 is 0.717. The number of nitrogens with zero attached hydrogens (tertiary/aromatic N) is 3. The third-order valence-corrected chi connectivity index (χ3v) is 4.15. The number of hydrogen-bond acceptors (Lipinski definition) is 5. The van der Waals surface area contributed by atoms with Crippen molar-refractivity contribution in [2.45, 2.75) is 11.8 Å². The zero-order valence-corrected chi connectivity index (χ0v) is 14.1. The lowest BCUT2D eigenvalue weighted by atomic mass is 10.2. The highest BCUT2D eigenvalue weighted by atomic mass is 79.9. The molecule has 0 saturated heterocycles. The Bertz CT molecular complexity index is 811. The van der Waals surface area contributed by atoms with E-state index < -0.39 is 0 Å². The van der Waals surface area contributed by atoms with Crippen molar-refractivity contribution in [1.29, 1.82) is 0 Å². The number of fused-ring (bicyclic) bond motifs is 1. The van der Waals surface area contributed by atoms with Crippen molar-refractivity contribution in [3.05, 3.63) is 45.1 Å². The van der Waals surface area contributed by atoms with Crippen LogP contribution in [-0.2, 0) is 0 Å². The molecule has 1 aromatic carbocycles. The van der Waals surface area contributed by atoms with E-state index >= 15 is 0 Å². The molecule has 5 nitrogen and oxygen atoms in total. The number of nitrogens with one attached hydrogen (secondary N) is 1. The average Bonchev–Trinajstić information content (AvgIpc) is 2.45. The Kier molecular flexibility index (Phi) is 5.33. The summed E-state index contributed by atoms with van der Waals surface area (Å²) in [6.07, 6.45) is 2.91. The standard InChI is InChI=1S/C13H10BrClN4OS/c1-7(14)17-5-10(16-2)21-9-4-3-8-11(12(9)15)13(20)19-6-18-8/h3-6H,2H2,1H3,(H,18,19,20)/b10-5+,17-7+. The molecule has 0 aliphatic rings. The second kappa shape index (κ2) is 7.02. The highest BCUT2D eigenvalue weighted by molar-refractivity contribution is 9.18. The molecule has 2 rings (SSSR count). The van der Waals surface area contributed by atoms with Gasteiger partial charge in [0.05, 0.1) is 33.1 Å². The van der Waals surface area contributed by atoms with Gasteiger partial charge in [0, 0.05) is 4.90 Å². The molecule has 0 unspecified atom stereocenters. The number of thioether (sulfide) groups is 1. The molecule has 21 heavy (non-hydrogen) atoms. The van der Waals surface area contributed by atoms with Crippen LogP contribution in [0.1, 0.15) is 6.92 Å². The zero-order chi connectivity index (χ0) is 15.4. The van der Waals surface area contributed by atoms with E-state index in [2.05, 4.69) is 42.6 Å². The molecular weight excluding hydrogens is 376 g/mol. The molecule has 1 heterocycles. The zero-order valence-electron chi connectivity index (χ0n) is 10.9. The third-order valence-electron chi connectivity index (χ3n) is 2.43. The van der Waals surface area contributed by atoms with Crippen LogP contribution in [0.25, 0.3) is 10.9 Å². The van der Waals surface area contributed by atoms with Gasteiger partial charge in [-0.05, 0) is 41.7 Å². The molecule has 0 saturated carbocycles. The lowest BCUT2D eigenvalue weighted by Crippen LogP contribution is -2.06. The first-order valence-electron chi connectivity index (χ1n) is 5.73. The SMILES string of the molecule is C=N/C(=C\N=C(/C)Br)Sc1ccc2nc[nH]c(=O)c2c1Cl. The lowest BCUT2D eigenvalue weighted by molar-refractivity contribution is 1.17. The maximum atomic E-state index is 11.9. The molecule has 2 aromatic rings. The maximum Gasteiger partial charge on any atom is 0.260 e. The molecule has 8 heteroatoms. The highest BCUT2D eigenvalue weighted by Gasteiger charge is 2.11. The molecule has 1 N–H and O–H groups in total. The van der Waals surface area contributed by atoms with E-state index in [-0.39, 0.29) is 5.56 Å². The summed E-state index contributed by atoms with van der Waals surface area (Å²) in [5, 5.41) is 1.25. The summed E-state index contributed by atoms with van der Waals surface area (Å²) in [5.74, 6) is 0. The van der Waals surface area contributed by atoms with Crippen LogP contribution in [0, 0.1) is 0 Å². The van der Waals surface area contributed by atoms with Gasteiger partial charge in [-0.25, -0.2) is 4.98 Å². The minimum absolute atomic E-state index is 0.279. The van der Waals surface area contributed by atoms with Gasteiger partial charge in [-0.2, -0.15) is 0 Å². The second-order valence-corrected chi connectivity index (χ2v) is 6.45. The molecule has 0 aliphatic carbocycles. The predicted octanol–water partition coefficient (Wildman–Crippen LogP) is 3.98. The van der Waals surface area contributed by atoms with Crippen molar-refractivity contribution in [2.75, 3.05) is 0 Å². The number of hydrogen-bond donors (Lipinski definition) is 1. The van der Waals surface area contributed by atoms with E-state index in [9.17, 15) is 4.79 Å². The normalized spacial score (nSPS) is 12.7. The maximum absolute atomic E-state index is 11.9. The fraction of sp³-hybridized carbons (Fsp3) is 0.0769. The first-order valence-corrected chi connectivity index (χ1v) is 7.72. The molecule has 0 bridgehead atoms. The van der Waals surface area contributed by atoms with Gasteiger partial charge in [0.15, 0.2) is 0 Å². The Morgan fingerprint density at radius 2 is 2.33 bits per heavy atom. The Balaban J connectivity index is 2.48. The van der Waals surface area contributed by atoms with E-state index in [1.807, 2.05) is 0 Å². The summed E-state index contributed by atoms with van der Waals surface area (Å²) in [4.78, 5) is 27.1. The average molecular weight is 386 g/mol. The number of aromatic amines is 1. The molecule has 1 aromatic heterocycles. The lowest BCUT2D eigenvalue weighted by Gasteiger charge is -2.06. The van der Waals surface area contributed by atoms with Crippen molar-refractivity contribution in [3.63, 3.8) is 0 Å². The molecule has 0 aliphatic heterocycles. The number of rotatable bonds is 4. The molecule has 0 amide bonds. The number of halogens is 2. The van der Waals surface area contributed by atoms with Crippen molar-refractivity contribution in [3.8, 4) is 0 Å². The van der Waals surface area contributed by atoms with Gasteiger partial charge in [0.1, 0.15) is 5.03 Å². The molecular formula is C13H10BrClN4OS. The van der Waals surface area contributed by atoms with Gasteiger partial charge in [-0.3, -0.25) is 14.8 Å². The van der Waals surface area contributed by atoms with Crippen LogP contribution in [0.3, 0.4) is 0 Å². The van der Waals surface area contributed by atoms with Gasteiger partial charge in [-0.15, -0.1) is 0 Å². The minimum atomic E-state index is -0.279. The number of aliphatic imine (C=N–C) groups is 2. The van der Waals surface area contributed by atoms with Crippen molar-refractivity contribution < 1.29 is 0 Å². The summed E-state index contributed by atoms with van der Waals surface area (Å²) in [6, 6.07) is 3.52. The molecule has 0 atom stereocenters. The monoisotopic (exact) mass is 384 g/mol. The van der Waals surface area contributed by atoms with Crippen LogP contribution in [0.4, 0.5) is 0 Å². The first kappa shape index (κ1) is 15.9. The quantitative estimate of drug-likeness (QED) is 0.639. The number of aromatic nitrogens is 2. The van der Waals surface area contributed by atoms with Crippen LogP contribution in [0.15, 0.2) is 49.4 Å². The van der Waals surface area contributed by atoms with Crippen LogP contribution < -0.4 is 5.56 Å². The van der Waals surface area contributed by atoms with E-state index in [0.717, 1.165) is 4.62 Å². The van der Waals surface area contributed by atoms with Crippen molar-refractivity contribution >= 4 is 61.5 Å². The van der Waals surface area contributed by atoms with Crippen LogP contribution >= 0.6 is 39.3 Å². The highest BCUT2D eigenvalue weighted by Crippen LogP contribution is 2.35. The van der Waals surface area contributed by atoms with Gasteiger partial charge < -0.3 is 4.98 Å². The van der Waals surface area contributed by atoms with E-state index in [0.29, 0.717) is 25.9 Å². The predicted molar refractivity (Wildman–Crippen MR) is 92.9 cm³/mol. The summed E-state index contributed by atoms with van der Waals surface area (Å²) in [7, 11) is 0. The number of benzene rings is 1. The van der Waals surface area contributed by atoms with Crippen LogP contribution in [0.5, 0.6) is 0 Å². The fourth-order valence-electron chi connectivity index (χ4n) is 1.54. The van der Waals surface area contributed by atoms with E-state index in [1.165, 1.54) is 18.1 Å². The largest absolute Gasteiger partial charge is 0.313 e. The Hall–Kier alpha value is -1.44. The summed E-state index contributed by atoms with van der Waals surface area (Å²) in [5.41, 5.74) is 0.262. The van der Waals surface area contributed by atoms with Gasteiger partial charge in [-0.1, -0.05) is 23.4 Å². The number of H-pyrrole nitrogens is 1. The second-order valence-electron chi connectivity index (χ2n) is 3.86. The van der Waals surface area contributed by atoms with Crippen molar-refractivity contribution in [2.24, 2.45) is 9.98 Å². The minimum Gasteiger partial charge on any atom is -0.313 e. The van der Waals surface area contributed by atoms with Crippen LogP contribution in [0.2, 0.25) is 5.02 Å². The molecule has 108 valence electrons. The Labute approximate surface area is 138 Å². The molecule has 0 radical (unpaired) electrons. The van der Waals surface area contributed by atoms with Crippen LogP contribution in [-0.4, -0.2) is 21.3 Å². The Morgan fingerprint density at radius 1 is 1.57 bits per heavy atom. The Morgan fingerprint density at radius 3 is 3.00 bits per heavy atom. The smallest absolute Gasteiger partial charge is 0.260 e. The van der Waals surface area contributed by atoms with E-state index in [1.54, 1.807) is 25.3 Å². The first-order chi connectivity index (χ1) is 10.0. The van der Waals surface area contributed by atoms with Crippen molar-refractivity contribution in [1.82, 2.24) is 9.97 Å². The summed E-state index contributed by atoms with van der Waals surface area (Å²) in [6.45, 7) is 5.30. The third kappa shape index (κ3) is 3.81.